The molecular weight excluding hydrogens is 448 g/mol. The first-order valence-corrected chi connectivity index (χ1v) is 11.0. The number of hydrogen-bond acceptors (Lipinski definition) is 7. The smallest absolute Gasteiger partial charge is 0.340 e. The molecule has 3 unspecified atom stereocenters. The summed E-state index contributed by atoms with van der Waals surface area (Å²) in [5.74, 6) is 0.896. The maximum absolute atomic E-state index is 12.9. The normalized spacial score (nSPS) is 24.8. The molecule has 6 rings (SSSR count). The Balaban J connectivity index is 1.11. The van der Waals surface area contributed by atoms with Crippen LogP contribution in [-0.4, -0.2) is 52.4 Å². The molecule has 170 valence electrons. The van der Waals surface area contributed by atoms with E-state index in [2.05, 4.69) is 16.2 Å². The summed E-state index contributed by atoms with van der Waals surface area (Å²) >= 11 is 6.02. The van der Waals surface area contributed by atoms with Crippen LogP contribution in [-0.2, 0) is 4.79 Å². The third-order valence-electron chi connectivity index (χ3n) is 6.16. The molecule has 3 amide bonds. The van der Waals surface area contributed by atoms with E-state index in [1.807, 2.05) is 35.5 Å². The highest BCUT2D eigenvalue weighted by molar-refractivity contribution is 6.30. The van der Waals surface area contributed by atoms with Gasteiger partial charge in [-0.1, -0.05) is 23.7 Å². The fraction of sp³-hybridized carbons (Fsp3) is 0.273. The number of nitrogens with zero attached hydrogens (tertiary/aromatic N) is 3. The Morgan fingerprint density at radius 2 is 1.91 bits per heavy atom. The van der Waals surface area contributed by atoms with Gasteiger partial charge in [0, 0.05) is 29.2 Å². The molecule has 2 aromatic carbocycles. The average molecular weight is 469 g/mol. The Hall–Kier alpha value is -3.47. The number of halogens is 1. The van der Waals surface area contributed by atoms with E-state index in [1.165, 1.54) is 5.01 Å². The fourth-order valence-electron chi connectivity index (χ4n) is 4.56. The molecule has 2 fully saturated rings. The second kappa shape index (κ2) is 7.84. The van der Waals surface area contributed by atoms with Crippen LogP contribution in [0.5, 0.6) is 11.5 Å². The number of hydrazine groups is 2. The summed E-state index contributed by atoms with van der Waals surface area (Å²) in [6, 6.07) is 12.7. The fourth-order valence-corrected chi connectivity index (χ4v) is 4.69. The Morgan fingerprint density at radius 1 is 1.09 bits per heavy atom. The summed E-state index contributed by atoms with van der Waals surface area (Å²) < 4.78 is 10.6. The summed E-state index contributed by atoms with van der Waals surface area (Å²) in [7, 11) is 0. The van der Waals surface area contributed by atoms with Gasteiger partial charge in [0.1, 0.15) is 12.7 Å². The molecule has 0 spiro atoms. The Bertz CT molecular complexity index is 1140. The van der Waals surface area contributed by atoms with Gasteiger partial charge in [-0.25, -0.2) is 20.7 Å². The Kier molecular flexibility index (Phi) is 4.79. The minimum Gasteiger partial charge on any atom is -0.454 e. The molecule has 0 aliphatic carbocycles. The summed E-state index contributed by atoms with van der Waals surface area (Å²) in [5.41, 5.74) is 8.37. The molecule has 4 aliphatic heterocycles. The number of hydrogen-bond donors (Lipinski definition) is 3. The van der Waals surface area contributed by atoms with E-state index in [0.717, 1.165) is 12.0 Å². The molecule has 4 heterocycles. The molecule has 0 bridgehead atoms. The van der Waals surface area contributed by atoms with Crippen molar-refractivity contribution in [2.24, 2.45) is 0 Å². The highest BCUT2D eigenvalue weighted by atomic mass is 35.5. The molecule has 2 saturated heterocycles. The van der Waals surface area contributed by atoms with Crippen LogP contribution >= 0.6 is 11.6 Å². The van der Waals surface area contributed by atoms with E-state index >= 15 is 0 Å². The number of fused-ring (bicyclic) bond motifs is 4. The number of benzene rings is 2. The van der Waals surface area contributed by atoms with Crippen LogP contribution in [0.4, 0.5) is 10.5 Å². The van der Waals surface area contributed by atoms with Crippen molar-refractivity contribution in [2.45, 2.75) is 24.7 Å². The molecule has 3 N–H and O–H groups in total. The predicted octanol–water partition coefficient (Wildman–Crippen LogP) is 2.38. The number of urea groups is 1. The van der Waals surface area contributed by atoms with E-state index < -0.39 is 0 Å². The van der Waals surface area contributed by atoms with Crippen molar-refractivity contribution in [3.63, 3.8) is 0 Å². The third kappa shape index (κ3) is 3.62. The number of amides is 3. The van der Waals surface area contributed by atoms with Gasteiger partial charge >= 0.3 is 6.03 Å². The summed E-state index contributed by atoms with van der Waals surface area (Å²) in [6.45, 7) is 0.0322. The number of carbonyl (C=O) groups excluding carboxylic acids is 2. The van der Waals surface area contributed by atoms with Crippen molar-refractivity contribution < 1.29 is 19.1 Å². The average Bonchev–Trinajstić information content (AvgIpc) is 3.51. The molecule has 0 radical (unpaired) electrons. The van der Waals surface area contributed by atoms with E-state index in [-0.39, 0.29) is 43.5 Å². The van der Waals surface area contributed by atoms with Gasteiger partial charge in [0.25, 0.3) is 0 Å². The second-order valence-corrected chi connectivity index (χ2v) is 8.64. The van der Waals surface area contributed by atoms with Crippen molar-refractivity contribution >= 4 is 29.2 Å². The van der Waals surface area contributed by atoms with E-state index in [1.54, 1.807) is 29.3 Å². The first-order chi connectivity index (χ1) is 16.0. The molecule has 3 atom stereocenters. The molecule has 10 nitrogen and oxygen atoms in total. The van der Waals surface area contributed by atoms with Gasteiger partial charge in [0.2, 0.25) is 12.7 Å². The second-order valence-electron chi connectivity index (χ2n) is 8.21. The predicted molar refractivity (Wildman–Crippen MR) is 119 cm³/mol. The largest absolute Gasteiger partial charge is 0.454 e. The Morgan fingerprint density at radius 3 is 2.76 bits per heavy atom. The lowest BCUT2D eigenvalue weighted by Crippen LogP contribution is -2.54. The Labute approximate surface area is 194 Å². The van der Waals surface area contributed by atoms with Crippen molar-refractivity contribution in [2.75, 3.05) is 18.7 Å². The molecule has 4 aliphatic rings. The van der Waals surface area contributed by atoms with Gasteiger partial charge in [0.15, 0.2) is 11.5 Å². The molecule has 0 aromatic heterocycles. The van der Waals surface area contributed by atoms with E-state index in [9.17, 15) is 9.59 Å². The van der Waals surface area contributed by atoms with Gasteiger partial charge in [-0.05, 0) is 36.2 Å². The van der Waals surface area contributed by atoms with Crippen molar-refractivity contribution in [1.29, 1.82) is 0 Å². The van der Waals surface area contributed by atoms with Crippen molar-refractivity contribution in [3.8, 4) is 11.5 Å². The number of ether oxygens (including phenoxy) is 2. The summed E-state index contributed by atoms with van der Waals surface area (Å²) in [6.07, 6.45) is 4.08. The topological polar surface area (TPSA) is 98.4 Å². The number of carbonyl (C=O) groups is 2. The van der Waals surface area contributed by atoms with Crippen LogP contribution in [0.1, 0.15) is 18.0 Å². The van der Waals surface area contributed by atoms with Crippen LogP contribution in [0.25, 0.3) is 0 Å². The van der Waals surface area contributed by atoms with Crippen LogP contribution in [0.15, 0.2) is 54.9 Å². The molecule has 0 saturated carbocycles. The standard InChI is InChI=1S/C22H21ClN6O4/c23-14-3-1-13(2-4-14)16-10-17-21-26-29(22(31)27(21)7-8-28(17)25-16)11-20(30)24-15-5-6-18-19(9-15)33-12-32-18/h1-9,16-17,21,25-26H,10-12H2,(H,24,30). The van der Waals surface area contributed by atoms with Gasteiger partial charge < -0.3 is 19.8 Å². The zero-order valence-electron chi connectivity index (χ0n) is 17.4. The van der Waals surface area contributed by atoms with E-state index in [4.69, 9.17) is 21.1 Å². The lowest BCUT2D eigenvalue weighted by atomic mass is 10.00. The van der Waals surface area contributed by atoms with Crippen molar-refractivity contribution in [1.82, 2.24) is 25.8 Å². The van der Waals surface area contributed by atoms with Crippen LogP contribution in [0, 0.1) is 0 Å². The van der Waals surface area contributed by atoms with Crippen LogP contribution in [0.2, 0.25) is 5.02 Å². The van der Waals surface area contributed by atoms with Gasteiger partial charge in [-0.2, -0.15) is 0 Å². The SMILES string of the molecule is O=C(CN1NC2C3CC(c4ccc(Cl)cc4)NN3C=CN2C1=O)Nc1ccc2c(c1)OCO2. The minimum atomic E-state index is -0.320. The maximum Gasteiger partial charge on any atom is 0.340 e. The summed E-state index contributed by atoms with van der Waals surface area (Å²) in [5, 5.41) is 6.85. The first-order valence-electron chi connectivity index (χ1n) is 10.6. The van der Waals surface area contributed by atoms with Gasteiger partial charge in [0.05, 0.1) is 12.1 Å². The highest BCUT2D eigenvalue weighted by Crippen LogP contribution is 2.36. The lowest BCUT2D eigenvalue weighted by molar-refractivity contribution is -0.117. The summed E-state index contributed by atoms with van der Waals surface area (Å²) in [4.78, 5) is 27.2. The monoisotopic (exact) mass is 468 g/mol. The zero-order valence-corrected chi connectivity index (χ0v) is 18.2. The lowest BCUT2D eigenvalue weighted by Gasteiger charge is -2.34. The quantitative estimate of drug-likeness (QED) is 0.633. The molecule has 33 heavy (non-hydrogen) atoms. The minimum absolute atomic E-state index is 0.00143. The van der Waals surface area contributed by atoms with Gasteiger partial charge in [-0.3, -0.25) is 9.69 Å². The number of rotatable bonds is 4. The van der Waals surface area contributed by atoms with Crippen LogP contribution < -0.4 is 25.6 Å². The first kappa shape index (κ1) is 20.2. The molecule has 11 heteroatoms. The number of anilines is 1. The highest BCUT2D eigenvalue weighted by Gasteiger charge is 2.48. The maximum atomic E-state index is 12.9. The van der Waals surface area contributed by atoms with Crippen molar-refractivity contribution in [3.05, 3.63) is 65.5 Å². The zero-order chi connectivity index (χ0) is 22.5. The van der Waals surface area contributed by atoms with E-state index in [0.29, 0.717) is 22.2 Å². The molecule has 2 aromatic rings. The number of nitrogens with one attached hydrogen (secondary N) is 3. The van der Waals surface area contributed by atoms with Gasteiger partial charge in [-0.15, -0.1) is 0 Å². The molecular formula is C22H21ClN6O4. The van der Waals surface area contributed by atoms with Crippen LogP contribution in [0.3, 0.4) is 0 Å². The third-order valence-corrected chi connectivity index (χ3v) is 6.41.